The second-order valence-corrected chi connectivity index (χ2v) is 17.1. The van der Waals surface area contributed by atoms with Crippen LogP contribution in [0.15, 0.2) is 60.7 Å². The van der Waals surface area contributed by atoms with Crippen LogP contribution in [0.2, 0.25) is 5.04 Å². The zero-order valence-corrected chi connectivity index (χ0v) is 32.2. The summed E-state index contributed by atoms with van der Waals surface area (Å²) in [5.74, 6) is -0.150. The van der Waals surface area contributed by atoms with Crippen LogP contribution in [0, 0.1) is 0 Å². The number of carbonyl (C=O) groups excluding carboxylic acids is 1. The van der Waals surface area contributed by atoms with Gasteiger partial charge in [0.25, 0.3) is 8.32 Å². The molecule has 0 heterocycles. The SMILES string of the molecule is CCCCCCC(=O)OCCOCCOCCOCCOCCOCCOCCOCCO[Si](c1ccccc1)(c1ccccc1)C(C)(C)C. The van der Waals surface area contributed by atoms with Crippen LogP contribution in [0.1, 0.15) is 59.8 Å². The van der Waals surface area contributed by atoms with Gasteiger partial charge in [-0.25, -0.2) is 0 Å². The van der Waals surface area contributed by atoms with Gasteiger partial charge in [-0.2, -0.15) is 0 Å². The zero-order chi connectivity index (χ0) is 36.0. The molecule has 0 fully saturated rings. The molecule has 284 valence electrons. The van der Waals surface area contributed by atoms with E-state index in [2.05, 4.69) is 88.4 Å². The first-order chi connectivity index (χ1) is 24.4. The van der Waals surface area contributed by atoms with Crippen molar-refractivity contribution in [2.45, 2.75) is 64.8 Å². The fraction of sp³-hybridized carbons (Fsp3) is 0.667. The average molecular weight is 721 g/mol. The molecule has 0 aliphatic carbocycles. The largest absolute Gasteiger partial charge is 0.463 e. The molecule has 0 saturated carbocycles. The van der Waals surface area contributed by atoms with Gasteiger partial charge in [-0.1, -0.05) is 108 Å². The van der Waals surface area contributed by atoms with E-state index in [4.69, 9.17) is 42.3 Å². The summed E-state index contributed by atoms with van der Waals surface area (Å²) < 4.78 is 51.0. The first-order valence-electron chi connectivity index (χ1n) is 18.4. The Morgan fingerprint density at radius 3 is 1.22 bits per heavy atom. The number of esters is 1. The maximum atomic E-state index is 11.6. The molecule has 0 spiro atoms. The van der Waals surface area contributed by atoms with Crippen molar-refractivity contribution in [1.82, 2.24) is 0 Å². The minimum Gasteiger partial charge on any atom is -0.463 e. The van der Waals surface area contributed by atoms with Gasteiger partial charge in [-0.05, 0) is 21.8 Å². The van der Waals surface area contributed by atoms with Crippen molar-refractivity contribution in [3.05, 3.63) is 60.7 Å². The lowest BCUT2D eigenvalue weighted by molar-refractivity contribution is -0.145. The number of hydrogen-bond acceptors (Lipinski definition) is 10. The second kappa shape index (κ2) is 28.4. The summed E-state index contributed by atoms with van der Waals surface area (Å²) >= 11 is 0. The summed E-state index contributed by atoms with van der Waals surface area (Å²) in [4.78, 5) is 11.6. The molecule has 0 bridgehead atoms. The Kier molecular flexibility index (Phi) is 25.0. The molecular weight excluding hydrogens is 657 g/mol. The highest BCUT2D eigenvalue weighted by molar-refractivity contribution is 6.99. The highest BCUT2D eigenvalue weighted by Crippen LogP contribution is 2.36. The van der Waals surface area contributed by atoms with Crippen LogP contribution in [-0.4, -0.2) is 120 Å². The number of unbranched alkanes of at least 4 members (excludes halogenated alkanes) is 3. The number of hydrogen-bond donors (Lipinski definition) is 0. The van der Waals surface area contributed by atoms with E-state index in [9.17, 15) is 4.79 Å². The topological polar surface area (TPSA) is 100 Å². The highest BCUT2D eigenvalue weighted by Gasteiger charge is 2.50. The molecule has 0 amide bonds. The van der Waals surface area contributed by atoms with Crippen molar-refractivity contribution in [3.8, 4) is 0 Å². The molecular formula is C39H64O10Si. The van der Waals surface area contributed by atoms with E-state index in [1.165, 1.54) is 10.4 Å². The van der Waals surface area contributed by atoms with Gasteiger partial charge < -0.3 is 42.3 Å². The van der Waals surface area contributed by atoms with Gasteiger partial charge in [0.2, 0.25) is 0 Å². The predicted molar refractivity (Wildman–Crippen MR) is 199 cm³/mol. The molecule has 2 aromatic rings. The highest BCUT2D eigenvalue weighted by atomic mass is 28.4. The monoisotopic (exact) mass is 720 g/mol. The van der Waals surface area contributed by atoms with Crippen LogP contribution in [-0.2, 0) is 47.1 Å². The van der Waals surface area contributed by atoms with Crippen molar-refractivity contribution in [2.75, 3.05) is 106 Å². The summed E-state index contributed by atoms with van der Waals surface area (Å²) in [7, 11) is -2.54. The van der Waals surface area contributed by atoms with Crippen molar-refractivity contribution in [3.63, 3.8) is 0 Å². The zero-order valence-electron chi connectivity index (χ0n) is 31.2. The van der Waals surface area contributed by atoms with Gasteiger partial charge in [-0.15, -0.1) is 0 Å². The molecule has 10 nitrogen and oxygen atoms in total. The van der Waals surface area contributed by atoms with E-state index in [-0.39, 0.29) is 17.6 Å². The summed E-state index contributed by atoms with van der Waals surface area (Å²) in [6, 6.07) is 21.3. The molecule has 0 aliphatic heterocycles. The molecule has 0 unspecified atom stereocenters. The second-order valence-electron chi connectivity index (χ2n) is 12.8. The lowest BCUT2D eigenvalue weighted by Gasteiger charge is -2.43. The normalized spacial score (nSPS) is 12.0. The van der Waals surface area contributed by atoms with Gasteiger partial charge in [0.15, 0.2) is 0 Å². The molecule has 2 aromatic carbocycles. The lowest BCUT2D eigenvalue weighted by Crippen LogP contribution is -2.66. The minimum atomic E-state index is -2.54. The lowest BCUT2D eigenvalue weighted by atomic mass is 10.2. The van der Waals surface area contributed by atoms with E-state index in [0.29, 0.717) is 106 Å². The van der Waals surface area contributed by atoms with Gasteiger partial charge >= 0.3 is 5.97 Å². The van der Waals surface area contributed by atoms with Crippen LogP contribution >= 0.6 is 0 Å². The van der Waals surface area contributed by atoms with Crippen LogP contribution in [0.3, 0.4) is 0 Å². The Morgan fingerprint density at radius 1 is 0.500 bits per heavy atom. The van der Waals surface area contributed by atoms with Crippen molar-refractivity contribution >= 4 is 24.7 Å². The third-order valence-corrected chi connectivity index (χ3v) is 13.0. The maximum absolute atomic E-state index is 11.6. The van der Waals surface area contributed by atoms with Crippen molar-refractivity contribution in [2.24, 2.45) is 0 Å². The molecule has 50 heavy (non-hydrogen) atoms. The third kappa shape index (κ3) is 18.9. The van der Waals surface area contributed by atoms with Gasteiger partial charge in [0.1, 0.15) is 6.61 Å². The Morgan fingerprint density at radius 2 is 0.860 bits per heavy atom. The fourth-order valence-electron chi connectivity index (χ4n) is 5.42. The molecule has 0 atom stereocenters. The molecule has 2 rings (SSSR count). The van der Waals surface area contributed by atoms with E-state index in [1.54, 1.807) is 0 Å². The van der Waals surface area contributed by atoms with Crippen LogP contribution in [0.4, 0.5) is 0 Å². The Balaban J connectivity index is 1.36. The summed E-state index contributed by atoms with van der Waals surface area (Å²) in [6.07, 6.45) is 4.76. The number of benzene rings is 2. The molecule has 0 saturated heterocycles. The van der Waals surface area contributed by atoms with Gasteiger partial charge in [-0.3, -0.25) is 4.79 Å². The quantitative estimate of drug-likeness (QED) is 0.0571. The molecule has 11 heteroatoms. The Bertz CT molecular complexity index is 1030. The Labute approximate surface area is 302 Å². The first kappa shape index (κ1) is 44.0. The number of rotatable bonds is 32. The Hall–Kier alpha value is -2.19. The fourth-order valence-corrected chi connectivity index (χ4v) is 9.96. The molecule has 0 aromatic heterocycles. The summed E-state index contributed by atoms with van der Waals surface area (Å²) in [6.45, 7) is 16.6. The average Bonchev–Trinajstić information content (AvgIpc) is 3.12. The van der Waals surface area contributed by atoms with Gasteiger partial charge in [0, 0.05) is 6.42 Å². The minimum absolute atomic E-state index is 0.0565. The number of carbonyl (C=O) groups is 1. The van der Waals surface area contributed by atoms with E-state index in [1.807, 2.05) is 0 Å². The van der Waals surface area contributed by atoms with Crippen LogP contribution in [0.5, 0.6) is 0 Å². The van der Waals surface area contributed by atoms with Crippen LogP contribution in [0.25, 0.3) is 0 Å². The van der Waals surface area contributed by atoms with E-state index >= 15 is 0 Å². The molecule has 0 radical (unpaired) electrons. The van der Waals surface area contributed by atoms with E-state index < -0.39 is 8.32 Å². The maximum Gasteiger partial charge on any atom is 0.305 e. The van der Waals surface area contributed by atoms with Crippen molar-refractivity contribution in [1.29, 1.82) is 0 Å². The smallest absolute Gasteiger partial charge is 0.305 e. The summed E-state index contributed by atoms with van der Waals surface area (Å²) in [5, 5.41) is 2.48. The first-order valence-corrected chi connectivity index (χ1v) is 20.3. The molecule has 0 aliphatic rings. The van der Waals surface area contributed by atoms with Crippen molar-refractivity contribution < 1.29 is 47.1 Å². The number of ether oxygens (including phenoxy) is 8. The third-order valence-electron chi connectivity index (χ3n) is 7.92. The van der Waals surface area contributed by atoms with Gasteiger partial charge in [0.05, 0.1) is 99.1 Å². The standard InChI is InChI=1S/C39H64O10Si/c1-5-6-7-14-19-38(40)48-34-32-46-30-28-44-26-24-42-22-20-41-21-23-43-25-27-45-29-31-47-33-35-49-50(39(2,3)4,36-15-10-8-11-16-36)37-17-12-9-13-18-37/h8-13,15-18H,5-7,14,19-35H2,1-4H3. The summed E-state index contributed by atoms with van der Waals surface area (Å²) in [5.41, 5.74) is 0. The molecule has 0 N–H and O–H groups in total. The van der Waals surface area contributed by atoms with Crippen LogP contribution < -0.4 is 10.4 Å². The predicted octanol–water partition coefficient (Wildman–Crippen LogP) is 5.19. The van der Waals surface area contributed by atoms with E-state index in [0.717, 1.165) is 25.7 Å².